The molecule has 0 saturated carbocycles. The lowest BCUT2D eigenvalue weighted by molar-refractivity contribution is 0.597. The minimum Gasteiger partial charge on any atom is -0.369 e. The molecule has 0 bridgehead atoms. The van der Waals surface area contributed by atoms with Crippen LogP contribution >= 0.6 is 11.8 Å². The van der Waals surface area contributed by atoms with Crippen LogP contribution in [0.3, 0.4) is 0 Å². The normalized spacial score (nSPS) is 24.3. The maximum absolute atomic E-state index is 13.9. The zero-order chi connectivity index (χ0) is 13.1. The van der Waals surface area contributed by atoms with Crippen LogP contribution in [-0.2, 0) is 6.54 Å². The molecule has 1 aliphatic rings. The van der Waals surface area contributed by atoms with E-state index < -0.39 is 0 Å². The van der Waals surface area contributed by atoms with Gasteiger partial charge in [-0.25, -0.2) is 4.39 Å². The molecule has 0 radical (unpaired) electrons. The predicted molar refractivity (Wildman–Crippen MR) is 77.9 cm³/mol. The van der Waals surface area contributed by atoms with Gasteiger partial charge in [-0.2, -0.15) is 11.8 Å². The van der Waals surface area contributed by atoms with Crippen molar-refractivity contribution in [1.82, 2.24) is 5.32 Å². The highest BCUT2D eigenvalue weighted by atomic mass is 32.2. The molecule has 2 rings (SSSR count). The maximum Gasteiger partial charge on any atom is 0.129 e. The van der Waals surface area contributed by atoms with Gasteiger partial charge in [-0.3, -0.25) is 0 Å². The minimum atomic E-state index is -0.111. The number of anilines is 1. The fourth-order valence-corrected chi connectivity index (χ4v) is 3.90. The van der Waals surface area contributed by atoms with E-state index in [1.54, 1.807) is 12.1 Å². The third kappa shape index (κ3) is 2.98. The Morgan fingerprint density at radius 1 is 1.33 bits per heavy atom. The summed E-state index contributed by atoms with van der Waals surface area (Å²) in [7, 11) is 1.85. The first kappa shape index (κ1) is 13.7. The van der Waals surface area contributed by atoms with Crippen molar-refractivity contribution < 1.29 is 4.39 Å². The Labute approximate surface area is 113 Å². The molecule has 1 N–H and O–H groups in total. The molecule has 0 amide bonds. The molecule has 1 heterocycles. The molecule has 2 unspecified atom stereocenters. The number of halogens is 1. The van der Waals surface area contributed by atoms with E-state index in [1.165, 1.54) is 0 Å². The second kappa shape index (κ2) is 5.93. The van der Waals surface area contributed by atoms with Crippen LogP contribution in [-0.4, -0.2) is 30.6 Å². The Hall–Kier alpha value is -0.740. The van der Waals surface area contributed by atoms with Gasteiger partial charge in [-0.05, 0) is 19.2 Å². The van der Waals surface area contributed by atoms with Gasteiger partial charge in [0.1, 0.15) is 5.82 Å². The molecule has 1 saturated heterocycles. The number of nitrogens with one attached hydrogen (secondary N) is 1. The van der Waals surface area contributed by atoms with E-state index in [-0.39, 0.29) is 5.82 Å². The van der Waals surface area contributed by atoms with Gasteiger partial charge in [0.15, 0.2) is 0 Å². The van der Waals surface area contributed by atoms with Gasteiger partial charge in [0.05, 0.1) is 0 Å². The lowest BCUT2D eigenvalue weighted by Gasteiger charge is -2.37. The fraction of sp³-hybridized carbons (Fsp3) is 0.571. The van der Waals surface area contributed by atoms with Crippen LogP contribution in [0, 0.1) is 5.82 Å². The second-order valence-corrected chi connectivity index (χ2v) is 6.81. The lowest BCUT2D eigenvalue weighted by Crippen LogP contribution is -2.41. The number of benzene rings is 1. The van der Waals surface area contributed by atoms with Gasteiger partial charge >= 0.3 is 0 Å². The molecule has 2 atom stereocenters. The summed E-state index contributed by atoms with van der Waals surface area (Å²) in [5.74, 6) is -0.111. The summed E-state index contributed by atoms with van der Waals surface area (Å²) in [6.07, 6.45) is 0. The number of nitrogens with zero attached hydrogens (tertiary/aromatic N) is 1. The molecule has 1 aromatic rings. The molecule has 1 fully saturated rings. The van der Waals surface area contributed by atoms with Gasteiger partial charge in [-0.15, -0.1) is 0 Å². The van der Waals surface area contributed by atoms with Crippen LogP contribution in [0.5, 0.6) is 0 Å². The van der Waals surface area contributed by atoms with E-state index in [0.29, 0.717) is 17.0 Å². The molecule has 0 aliphatic carbocycles. The van der Waals surface area contributed by atoms with Gasteiger partial charge in [0.2, 0.25) is 0 Å². The Balaban J connectivity index is 2.29. The summed E-state index contributed by atoms with van der Waals surface area (Å²) in [6.45, 7) is 7.05. The smallest absolute Gasteiger partial charge is 0.129 e. The summed E-state index contributed by atoms with van der Waals surface area (Å²) in [5, 5.41) is 4.25. The highest BCUT2D eigenvalue weighted by molar-refractivity contribution is 8.00. The Bertz CT molecular complexity index is 401. The van der Waals surface area contributed by atoms with Crippen molar-refractivity contribution >= 4 is 17.4 Å². The lowest BCUT2D eigenvalue weighted by atomic mass is 10.1. The van der Waals surface area contributed by atoms with E-state index in [9.17, 15) is 4.39 Å². The van der Waals surface area contributed by atoms with Crippen LogP contribution in [0.2, 0.25) is 0 Å². The minimum absolute atomic E-state index is 0.111. The van der Waals surface area contributed by atoms with Gasteiger partial charge in [0.25, 0.3) is 0 Å². The maximum atomic E-state index is 13.9. The second-order valence-electron chi connectivity index (χ2n) is 4.93. The van der Waals surface area contributed by atoms with Crippen molar-refractivity contribution in [2.24, 2.45) is 0 Å². The van der Waals surface area contributed by atoms with Gasteiger partial charge in [0, 0.05) is 41.4 Å². The highest BCUT2D eigenvalue weighted by Crippen LogP contribution is 2.31. The van der Waals surface area contributed by atoms with E-state index in [2.05, 4.69) is 24.1 Å². The van der Waals surface area contributed by atoms with Crippen molar-refractivity contribution in [1.29, 1.82) is 0 Å². The molecule has 0 spiro atoms. The van der Waals surface area contributed by atoms with Crippen molar-refractivity contribution in [2.75, 3.05) is 25.0 Å². The first-order valence-corrected chi connectivity index (χ1v) is 7.38. The van der Waals surface area contributed by atoms with Crippen molar-refractivity contribution in [3.8, 4) is 0 Å². The monoisotopic (exact) mass is 268 g/mol. The van der Waals surface area contributed by atoms with E-state index in [1.807, 2.05) is 24.9 Å². The quantitative estimate of drug-likeness (QED) is 0.907. The standard InChI is InChI=1S/C14H21FN2S/c1-10-8-17(9-11(2)18-10)14-6-4-5-13(15)12(14)7-16-3/h4-6,10-11,16H,7-9H2,1-3H3. The molecule has 18 heavy (non-hydrogen) atoms. The predicted octanol–water partition coefficient (Wildman–Crippen LogP) is 2.88. The Morgan fingerprint density at radius 2 is 2.00 bits per heavy atom. The van der Waals surface area contributed by atoms with E-state index >= 15 is 0 Å². The number of hydrogen-bond acceptors (Lipinski definition) is 3. The molecule has 1 aromatic carbocycles. The number of hydrogen-bond donors (Lipinski definition) is 1. The number of thioether (sulfide) groups is 1. The SMILES string of the molecule is CNCc1c(F)cccc1N1CC(C)SC(C)C1. The zero-order valence-corrected chi connectivity index (χ0v) is 12.1. The molecule has 100 valence electrons. The third-order valence-electron chi connectivity index (χ3n) is 3.21. The zero-order valence-electron chi connectivity index (χ0n) is 11.2. The van der Waals surface area contributed by atoms with E-state index in [0.717, 1.165) is 24.3 Å². The summed E-state index contributed by atoms with van der Waals surface area (Å²) in [6, 6.07) is 5.38. The number of rotatable bonds is 3. The van der Waals surface area contributed by atoms with Crippen molar-refractivity contribution in [3.05, 3.63) is 29.6 Å². The van der Waals surface area contributed by atoms with Crippen LogP contribution in [0.4, 0.5) is 10.1 Å². The van der Waals surface area contributed by atoms with Gasteiger partial charge in [-0.1, -0.05) is 19.9 Å². The first-order valence-electron chi connectivity index (χ1n) is 6.44. The molecular weight excluding hydrogens is 247 g/mol. The molecule has 0 aromatic heterocycles. The summed E-state index contributed by atoms with van der Waals surface area (Å²) >= 11 is 2.01. The first-order chi connectivity index (χ1) is 8.61. The van der Waals surface area contributed by atoms with Crippen LogP contribution in [0.15, 0.2) is 18.2 Å². The van der Waals surface area contributed by atoms with Crippen LogP contribution < -0.4 is 10.2 Å². The molecule has 2 nitrogen and oxygen atoms in total. The topological polar surface area (TPSA) is 15.3 Å². The average Bonchev–Trinajstić information content (AvgIpc) is 2.30. The highest BCUT2D eigenvalue weighted by Gasteiger charge is 2.24. The van der Waals surface area contributed by atoms with E-state index in [4.69, 9.17) is 0 Å². The molecular formula is C14H21FN2S. The summed E-state index contributed by atoms with van der Waals surface area (Å²) in [5.41, 5.74) is 1.83. The Morgan fingerprint density at radius 3 is 2.61 bits per heavy atom. The average molecular weight is 268 g/mol. The third-order valence-corrected chi connectivity index (χ3v) is 4.44. The summed E-state index contributed by atoms with van der Waals surface area (Å²) in [4.78, 5) is 2.32. The van der Waals surface area contributed by atoms with Crippen LogP contribution in [0.1, 0.15) is 19.4 Å². The largest absolute Gasteiger partial charge is 0.369 e. The van der Waals surface area contributed by atoms with Crippen LogP contribution in [0.25, 0.3) is 0 Å². The van der Waals surface area contributed by atoms with Crippen molar-refractivity contribution in [3.63, 3.8) is 0 Å². The Kier molecular flexibility index (Phi) is 4.51. The fourth-order valence-electron chi connectivity index (χ4n) is 2.57. The molecule has 1 aliphatic heterocycles. The summed E-state index contributed by atoms with van der Waals surface area (Å²) < 4.78 is 13.9. The van der Waals surface area contributed by atoms with Gasteiger partial charge < -0.3 is 10.2 Å². The molecule has 4 heteroatoms. The van der Waals surface area contributed by atoms with Crippen molar-refractivity contribution in [2.45, 2.75) is 30.9 Å².